The van der Waals surface area contributed by atoms with Gasteiger partial charge in [0.1, 0.15) is 0 Å². The Labute approximate surface area is 162 Å². The summed E-state index contributed by atoms with van der Waals surface area (Å²) < 4.78 is 0. The summed E-state index contributed by atoms with van der Waals surface area (Å²) in [6.45, 7) is 8.90. The summed E-state index contributed by atoms with van der Waals surface area (Å²) in [5, 5.41) is 6.60. The third-order valence-corrected chi connectivity index (χ3v) is 3.74. The minimum absolute atomic E-state index is 0. The quantitative estimate of drug-likeness (QED) is 0.327. The van der Waals surface area contributed by atoms with Crippen LogP contribution in [0.3, 0.4) is 0 Å². The van der Waals surface area contributed by atoms with Crippen LogP contribution in [0.1, 0.15) is 39.7 Å². The maximum absolute atomic E-state index is 11.4. The van der Waals surface area contributed by atoms with Crippen molar-refractivity contribution in [3.05, 3.63) is 35.9 Å². The molecule has 1 atom stereocenters. The van der Waals surface area contributed by atoms with Crippen LogP contribution in [0.2, 0.25) is 0 Å². The van der Waals surface area contributed by atoms with Gasteiger partial charge in [-0.25, -0.2) is 0 Å². The second-order valence-corrected chi connectivity index (χ2v) is 6.51. The van der Waals surface area contributed by atoms with Gasteiger partial charge >= 0.3 is 0 Å². The standard InChI is InChI=1S/C18H30N4O.HI/c1-5-20-17(21-13-18(3,4)16(19)23)22-14(2)11-12-15-9-7-6-8-10-15;/h6-10,14H,5,11-13H2,1-4H3,(H2,19,23)(H2,20,21,22);1H. The summed E-state index contributed by atoms with van der Waals surface area (Å²) in [6.07, 6.45) is 2.02. The van der Waals surface area contributed by atoms with Crippen LogP contribution in [-0.2, 0) is 11.2 Å². The van der Waals surface area contributed by atoms with E-state index in [1.807, 2.05) is 13.0 Å². The highest BCUT2D eigenvalue weighted by atomic mass is 127. The minimum atomic E-state index is -0.643. The van der Waals surface area contributed by atoms with E-state index in [1.165, 1.54) is 5.56 Å². The van der Waals surface area contributed by atoms with E-state index in [0.717, 1.165) is 25.3 Å². The summed E-state index contributed by atoms with van der Waals surface area (Å²) in [5.41, 5.74) is 6.08. The number of aliphatic imine (C=N–C) groups is 1. The number of hydrogen-bond donors (Lipinski definition) is 3. The number of benzene rings is 1. The van der Waals surface area contributed by atoms with Gasteiger partial charge in [0.25, 0.3) is 0 Å². The van der Waals surface area contributed by atoms with E-state index >= 15 is 0 Å². The fraction of sp³-hybridized carbons (Fsp3) is 0.556. The highest BCUT2D eigenvalue weighted by molar-refractivity contribution is 14.0. The van der Waals surface area contributed by atoms with Crippen LogP contribution in [0.5, 0.6) is 0 Å². The zero-order chi connectivity index (χ0) is 17.3. The normalized spacial score (nSPS) is 12.9. The number of halogens is 1. The van der Waals surface area contributed by atoms with Gasteiger partial charge in [-0.05, 0) is 46.1 Å². The Kier molecular flexibility index (Phi) is 10.7. The zero-order valence-corrected chi connectivity index (χ0v) is 17.5. The van der Waals surface area contributed by atoms with Gasteiger partial charge < -0.3 is 16.4 Å². The molecule has 0 aliphatic heterocycles. The van der Waals surface area contributed by atoms with E-state index in [2.05, 4.69) is 46.8 Å². The molecule has 1 unspecified atom stereocenters. The van der Waals surface area contributed by atoms with Crippen LogP contribution in [-0.4, -0.2) is 31.0 Å². The molecule has 0 fully saturated rings. The number of amides is 1. The van der Waals surface area contributed by atoms with Crippen LogP contribution >= 0.6 is 24.0 Å². The predicted octanol–water partition coefficient (Wildman–Crippen LogP) is 2.69. The number of carbonyl (C=O) groups is 1. The second-order valence-electron chi connectivity index (χ2n) is 6.51. The average molecular weight is 446 g/mol. The number of hydrogen-bond acceptors (Lipinski definition) is 2. The lowest BCUT2D eigenvalue weighted by atomic mass is 9.93. The third-order valence-electron chi connectivity index (χ3n) is 3.74. The molecule has 136 valence electrons. The first-order chi connectivity index (χ1) is 10.8. The van der Waals surface area contributed by atoms with Crippen molar-refractivity contribution in [2.75, 3.05) is 13.1 Å². The first-order valence-electron chi connectivity index (χ1n) is 8.24. The van der Waals surface area contributed by atoms with Gasteiger partial charge in [-0.15, -0.1) is 24.0 Å². The van der Waals surface area contributed by atoms with Crippen molar-refractivity contribution in [3.8, 4) is 0 Å². The molecular weight excluding hydrogens is 415 g/mol. The second kappa shape index (κ2) is 11.3. The monoisotopic (exact) mass is 446 g/mol. The fourth-order valence-corrected chi connectivity index (χ4v) is 2.01. The molecule has 1 aromatic rings. The summed E-state index contributed by atoms with van der Waals surface area (Å²) in [6, 6.07) is 10.7. The van der Waals surface area contributed by atoms with Gasteiger partial charge in [0.2, 0.25) is 5.91 Å². The molecular formula is C18H31IN4O. The molecule has 1 amide bonds. The Hall–Kier alpha value is -1.31. The average Bonchev–Trinajstić information content (AvgIpc) is 2.52. The number of guanidine groups is 1. The summed E-state index contributed by atoms with van der Waals surface area (Å²) in [5.74, 6) is 0.386. The van der Waals surface area contributed by atoms with E-state index < -0.39 is 5.41 Å². The number of nitrogens with zero attached hydrogens (tertiary/aromatic N) is 1. The Bertz CT molecular complexity index is 517. The predicted molar refractivity (Wildman–Crippen MR) is 112 cm³/mol. The van der Waals surface area contributed by atoms with E-state index in [1.54, 1.807) is 13.8 Å². The van der Waals surface area contributed by atoms with E-state index in [9.17, 15) is 4.79 Å². The fourth-order valence-electron chi connectivity index (χ4n) is 2.01. The van der Waals surface area contributed by atoms with Crippen LogP contribution < -0.4 is 16.4 Å². The first kappa shape index (κ1) is 22.7. The Morgan fingerprint density at radius 2 is 1.92 bits per heavy atom. The molecule has 1 aromatic carbocycles. The summed E-state index contributed by atoms with van der Waals surface area (Å²) in [4.78, 5) is 15.9. The Morgan fingerprint density at radius 3 is 2.46 bits per heavy atom. The first-order valence-corrected chi connectivity index (χ1v) is 8.24. The molecule has 0 heterocycles. The lowest BCUT2D eigenvalue weighted by molar-refractivity contribution is -0.125. The summed E-state index contributed by atoms with van der Waals surface area (Å²) >= 11 is 0. The molecule has 6 heteroatoms. The molecule has 4 N–H and O–H groups in total. The highest BCUT2D eigenvalue weighted by Crippen LogP contribution is 2.14. The number of carbonyl (C=O) groups excluding carboxylic acids is 1. The maximum atomic E-state index is 11.4. The molecule has 0 spiro atoms. The van der Waals surface area contributed by atoms with Crippen molar-refractivity contribution in [1.82, 2.24) is 10.6 Å². The number of aryl methyl sites for hydroxylation is 1. The van der Waals surface area contributed by atoms with E-state index in [4.69, 9.17) is 5.73 Å². The molecule has 24 heavy (non-hydrogen) atoms. The van der Waals surface area contributed by atoms with Crippen molar-refractivity contribution in [1.29, 1.82) is 0 Å². The molecule has 0 aromatic heterocycles. The molecule has 0 aliphatic rings. The number of nitrogens with one attached hydrogen (secondary N) is 2. The Balaban J connectivity index is 0.00000529. The van der Waals surface area contributed by atoms with Crippen molar-refractivity contribution in [2.45, 2.75) is 46.6 Å². The van der Waals surface area contributed by atoms with Crippen molar-refractivity contribution in [3.63, 3.8) is 0 Å². The molecule has 1 rings (SSSR count). The largest absolute Gasteiger partial charge is 0.369 e. The number of nitrogens with two attached hydrogens (primary N) is 1. The van der Waals surface area contributed by atoms with Crippen LogP contribution in [0.15, 0.2) is 35.3 Å². The van der Waals surface area contributed by atoms with Crippen molar-refractivity contribution >= 4 is 35.8 Å². The smallest absolute Gasteiger partial charge is 0.224 e. The highest BCUT2D eigenvalue weighted by Gasteiger charge is 2.24. The lowest BCUT2D eigenvalue weighted by Gasteiger charge is -2.21. The van der Waals surface area contributed by atoms with E-state index in [0.29, 0.717) is 6.54 Å². The van der Waals surface area contributed by atoms with Gasteiger partial charge in [-0.1, -0.05) is 30.3 Å². The SMILES string of the molecule is CCNC(=NCC(C)(C)C(N)=O)NC(C)CCc1ccccc1.I. The molecule has 0 bridgehead atoms. The molecule has 5 nitrogen and oxygen atoms in total. The maximum Gasteiger partial charge on any atom is 0.224 e. The van der Waals surface area contributed by atoms with Crippen LogP contribution in [0.4, 0.5) is 0 Å². The van der Waals surface area contributed by atoms with Crippen LogP contribution in [0.25, 0.3) is 0 Å². The number of rotatable bonds is 8. The van der Waals surface area contributed by atoms with Gasteiger partial charge in [0.05, 0.1) is 12.0 Å². The molecule has 0 radical (unpaired) electrons. The summed E-state index contributed by atoms with van der Waals surface area (Å²) in [7, 11) is 0. The lowest BCUT2D eigenvalue weighted by Crippen LogP contribution is -2.43. The van der Waals surface area contributed by atoms with Gasteiger partial charge in [-0.2, -0.15) is 0 Å². The topological polar surface area (TPSA) is 79.5 Å². The van der Waals surface area contributed by atoms with Crippen molar-refractivity contribution < 1.29 is 4.79 Å². The van der Waals surface area contributed by atoms with Crippen molar-refractivity contribution in [2.24, 2.45) is 16.1 Å². The van der Waals surface area contributed by atoms with Gasteiger partial charge in [0.15, 0.2) is 5.96 Å². The van der Waals surface area contributed by atoms with Gasteiger partial charge in [0, 0.05) is 12.6 Å². The molecule has 0 saturated carbocycles. The number of primary amides is 1. The van der Waals surface area contributed by atoms with Crippen LogP contribution in [0, 0.1) is 5.41 Å². The van der Waals surface area contributed by atoms with Gasteiger partial charge in [-0.3, -0.25) is 9.79 Å². The molecule has 0 saturated heterocycles. The minimum Gasteiger partial charge on any atom is -0.369 e. The van der Waals surface area contributed by atoms with E-state index in [-0.39, 0.29) is 35.9 Å². The third kappa shape index (κ3) is 8.52. The Morgan fingerprint density at radius 1 is 1.29 bits per heavy atom. The molecule has 0 aliphatic carbocycles. The zero-order valence-electron chi connectivity index (χ0n) is 15.1.